The first kappa shape index (κ1) is 25.6. The maximum atomic E-state index is 10.3. The number of carboxylic acid groups (broad SMARTS) is 1. The largest absolute Gasteiger partial charge is 0.481 e. The fourth-order valence-electron chi connectivity index (χ4n) is 2.29. The molecule has 0 saturated carbocycles. The first-order chi connectivity index (χ1) is 11.4. The van der Waals surface area contributed by atoms with Crippen molar-refractivity contribution in [3.8, 4) is 0 Å². The van der Waals surface area contributed by atoms with Crippen molar-refractivity contribution in [2.45, 2.75) is 110 Å². The summed E-state index contributed by atoms with van der Waals surface area (Å²) in [6.07, 6.45) is 17.0. The number of hydrogen-bond donors (Lipinski definition) is 2. The van der Waals surface area contributed by atoms with E-state index in [1.54, 1.807) is 11.8 Å². The Balaban J connectivity index is 0. The zero-order valence-corrected chi connectivity index (χ0v) is 16.7. The summed E-state index contributed by atoms with van der Waals surface area (Å²) >= 11 is 0. The van der Waals surface area contributed by atoms with Crippen molar-refractivity contribution in [3.05, 3.63) is 0 Å². The lowest BCUT2D eigenvalue weighted by Crippen LogP contribution is -2.23. The Labute approximate surface area is 150 Å². The summed E-state index contributed by atoms with van der Waals surface area (Å²) in [7, 11) is 3.65. The minimum Gasteiger partial charge on any atom is -0.481 e. The van der Waals surface area contributed by atoms with Gasteiger partial charge in [0.25, 0.3) is 0 Å². The van der Waals surface area contributed by atoms with Crippen LogP contribution in [0.2, 0.25) is 0 Å². The van der Waals surface area contributed by atoms with Crippen molar-refractivity contribution in [2.75, 3.05) is 14.1 Å². The highest BCUT2D eigenvalue weighted by Gasteiger charge is 1.96. The molecule has 0 aromatic rings. The fourth-order valence-corrected chi connectivity index (χ4v) is 2.29. The first-order valence-corrected chi connectivity index (χ1v) is 9.98. The predicted octanol–water partition coefficient (Wildman–Crippen LogP) is 5.44. The lowest BCUT2D eigenvalue weighted by molar-refractivity contribution is -0.137. The van der Waals surface area contributed by atoms with Crippen LogP contribution in [0.15, 0.2) is 0 Å². The number of hydrogen-bond acceptors (Lipinski definition) is 3. The van der Waals surface area contributed by atoms with E-state index in [0.717, 1.165) is 12.8 Å². The average molecular weight is 346 g/mol. The van der Waals surface area contributed by atoms with Crippen LogP contribution in [0.3, 0.4) is 0 Å². The van der Waals surface area contributed by atoms with Gasteiger partial charge in [-0.1, -0.05) is 84.0 Å². The summed E-state index contributed by atoms with van der Waals surface area (Å²) in [5, 5.41) is 17.0. The Morgan fingerprint density at radius 1 is 0.792 bits per heavy atom. The molecular formula is C20H43NO3. The molecule has 146 valence electrons. The highest BCUT2D eigenvalue weighted by Crippen LogP contribution is 2.12. The second-order valence-electron chi connectivity index (χ2n) is 6.98. The van der Waals surface area contributed by atoms with Crippen LogP contribution in [-0.4, -0.2) is 41.4 Å². The highest BCUT2D eigenvalue weighted by atomic mass is 16.4. The van der Waals surface area contributed by atoms with E-state index in [2.05, 4.69) is 6.92 Å². The molecule has 24 heavy (non-hydrogen) atoms. The maximum absolute atomic E-state index is 10.3. The summed E-state index contributed by atoms with van der Waals surface area (Å²) in [5.41, 5.74) is 0. The van der Waals surface area contributed by atoms with Gasteiger partial charge in [0.2, 0.25) is 0 Å². The van der Waals surface area contributed by atoms with Crippen LogP contribution < -0.4 is 0 Å². The lowest BCUT2D eigenvalue weighted by atomic mass is 10.0. The third-order valence-corrected chi connectivity index (χ3v) is 4.24. The van der Waals surface area contributed by atoms with Gasteiger partial charge in [0.05, 0.1) is 0 Å². The Hall–Kier alpha value is -0.610. The molecule has 4 heteroatoms. The average Bonchev–Trinajstić information content (AvgIpc) is 2.52. The molecule has 0 fully saturated rings. The second-order valence-corrected chi connectivity index (χ2v) is 6.98. The van der Waals surface area contributed by atoms with Crippen molar-refractivity contribution in [1.29, 1.82) is 0 Å². The molecule has 0 radical (unpaired) electrons. The van der Waals surface area contributed by atoms with Gasteiger partial charge in [-0.15, -0.1) is 0 Å². The van der Waals surface area contributed by atoms with Crippen LogP contribution in [0, 0.1) is 0 Å². The minimum atomic E-state index is -0.655. The Morgan fingerprint density at radius 3 is 1.33 bits per heavy atom. The van der Waals surface area contributed by atoms with Crippen molar-refractivity contribution in [3.63, 3.8) is 0 Å². The van der Waals surface area contributed by atoms with Crippen LogP contribution in [0.5, 0.6) is 0 Å². The Morgan fingerprint density at radius 2 is 1.08 bits per heavy atom. The molecule has 2 N–H and O–H groups in total. The van der Waals surface area contributed by atoms with Gasteiger partial charge < -0.3 is 10.2 Å². The third-order valence-electron chi connectivity index (χ3n) is 4.24. The summed E-state index contributed by atoms with van der Waals surface area (Å²) in [5.74, 6) is -0.655. The molecule has 0 rings (SSSR count). The molecule has 0 aliphatic rings. The molecule has 1 atom stereocenters. The Kier molecular flexibility index (Phi) is 21.8. The number of aliphatic hydroxyl groups excluding tert-OH is 1. The number of unbranched alkanes of at least 4 members (excludes halogenated alkanes) is 12. The first-order valence-electron chi connectivity index (χ1n) is 9.98. The molecule has 0 aromatic carbocycles. The van der Waals surface area contributed by atoms with Crippen molar-refractivity contribution in [1.82, 2.24) is 4.90 Å². The fraction of sp³-hybridized carbons (Fsp3) is 0.950. The van der Waals surface area contributed by atoms with Gasteiger partial charge in [-0.25, -0.2) is 0 Å². The number of carboxylic acids is 1. The molecule has 1 unspecified atom stereocenters. The van der Waals surface area contributed by atoms with Gasteiger partial charge in [0.1, 0.15) is 6.23 Å². The van der Waals surface area contributed by atoms with E-state index in [0.29, 0.717) is 6.42 Å². The van der Waals surface area contributed by atoms with E-state index in [1.807, 2.05) is 14.1 Å². The van der Waals surface area contributed by atoms with Gasteiger partial charge in [0.15, 0.2) is 0 Å². The van der Waals surface area contributed by atoms with E-state index in [4.69, 9.17) is 10.2 Å². The molecule has 0 amide bonds. The number of nitrogens with zero attached hydrogens (tertiary/aromatic N) is 1. The maximum Gasteiger partial charge on any atom is 0.303 e. The summed E-state index contributed by atoms with van der Waals surface area (Å²) in [4.78, 5) is 12.0. The standard InChI is InChI=1S/C16H32O2.C4H11NO/c1-2-3-4-5-6-7-8-9-10-11-12-13-14-15-16(17)18;1-4(6)5(2)3/h2-15H2,1H3,(H,17,18);4,6H,1-3H3. The quantitative estimate of drug-likeness (QED) is 0.306. The normalized spacial score (nSPS) is 11.9. The van der Waals surface area contributed by atoms with E-state index >= 15 is 0 Å². The molecule has 0 bridgehead atoms. The predicted molar refractivity (Wildman–Crippen MR) is 103 cm³/mol. The van der Waals surface area contributed by atoms with Gasteiger partial charge in [-0.2, -0.15) is 0 Å². The second kappa shape index (κ2) is 20.4. The number of aliphatic hydroxyl groups is 1. The van der Waals surface area contributed by atoms with Crippen LogP contribution in [-0.2, 0) is 4.79 Å². The number of rotatable bonds is 15. The molecule has 4 nitrogen and oxygen atoms in total. The zero-order chi connectivity index (χ0) is 18.6. The van der Waals surface area contributed by atoms with E-state index < -0.39 is 5.97 Å². The topological polar surface area (TPSA) is 60.8 Å². The molecular weight excluding hydrogens is 302 g/mol. The van der Waals surface area contributed by atoms with E-state index in [9.17, 15) is 4.79 Å². The molecule has 0 heterocycles. The minimum absolute atomic E-state index is 0.315. The van der Waals surface area contributed by atoms with Gasteiger partial charge in [0, 0.05) is 6.42 Å². The highest BCUT2D eigenvalue weighted by molar-refractivity contribution is 5.66. The Bertz CT molecular complexity index is 249. The summed E-state index contributed by atoms with van der Waals surface area (Å²) < 4.78 is 0. The van der Waals surface area contributed by atoms with Gasteiger partial charge in [-0.05, 0) is 27.4 Å². The van der Waals surface area contributed by atoms with Crippen molar-refractivity contribution in [2.24, 2.45) is 0 Å². The monoisotopic (exact) mass is 345 g/mol. The SMILES string of the molecule is CC(O)N(C)C.CCCCCCCCCCCCCCCC(=O)O. The van der Waals surface area contributed by atoms with Crippen LogP contribution in [0.4, 0.5) is 0 Å². The number of aliphatic carboxylic acids is 1. The summed E-state index contributed by atoms with van der Waals surface area (Å²) in [6.45, 7) is 3.98. The zero-order valence-electron chi connectivity index (χ0n) is 16.7. The molecule has 0 saturated heterocycles. The van der Waals surface area contributed by atoms with E-state index in [1.165, 1.54) is 70.6 Å². The van der Waals surface area contributed by atoms with Crippen LogP contribution in [0.25, 0.3) is 0 Å². The van der Waals surface area contributed by atoms with Gasteiger partial charge in [-0.3, -0.25) is 9.69 Å². The lowest BCUT2D eigenvalue weighted by Gasteiger charge is -2.11. The molecule has 0 aliphatic heterocycles. The number of carbonyl (C=O) groups is 1. The summed E-state index contributed by atoms with van der Waals surface area (Å²) in [6, 6.07) is 0. The smallest absolute Gasteiger partial charge is 0.303 e. The van der Waals surface area contributed by atoms with Crippen molar-refractivity contribution < 1.29 is 15.0 Å². The van der Waals surface area contributed by atoms with E-state index in [-0.39, 0.29) is 6.23 Å². The third kappa shape index (κ3) is 26.3. The molecule has 0 spiro atoms. The van der Waals surface area contributed by atoms with Crippen molar-refractivity contribution >= 4 is 5.97 Å². The van der Waals surface area contributed by atoms with Crippen LogP contribution >= 0.6 is 0 Å². The van der Waals surface area contributed by atoms with Gasteiger partial charge >= 0.3 is 5.97 Å². The molecule has 0 aliphatic carbocycles. The molecule has 0 aromatic heterocycles. The van der Waals surface area contributed by atoms with Crippen LogP contribution in [0.1, 0.15) is 104 Å².